The molecule has 4 rings (SSSR count). The van der Waals surface area contributed by atoms with Gasteiger partial charge in [-0.3, -0.25) is 4.79 Å². The number of aromatic nitrogens is 3. The highest BCUT2D eigenvalue weighted by atomic mass is 32.2. The molecule has 0 aliphatic heterocycles. The molecule has 7 heteroatoms. The second kappa shape index (κ2) is 7.63. The molecule has 0 aliphatic rings. The van der Waals surface area contributed by atoms with E-state index >= 15 is 0 Å². The monoisotopic (exact) mass is 378 g/mol. The number of benzene rings is 1. The molecule has 0 saturated heterocycles. The molecule has 0 bridgehead atoms. The number of pyridine rings is 1. The summed E-state index contributed by atoms with van der Waals surface area (Å²) in [4.78, 5) is 27.0. The number of amides is 1. The van der Waals surface area contributed by atoms with E-state index in [2.05, 4.69) is 38.5 Å². The highest BCUT2D eigenvalue weighted by Gasteiger charge is 2.12. The van der Waals surface area contributed by atoms with Crippen LogP contribution in [0.25, 0.3) is 20.7 Å². The van der Waals surface area contributed by atoms with Crippen LogP contribution in [0.15, 0.2) is 72.1 Å². The summed E-state index contributed by atoms with van der Waals surface area (Å²) in [6.45, 7) is 0. The minimum absolute atomic E-state index is 0.112. The van der Waals surface area contributed by atoms with Gasteiger partial charge in [0.1, 0.15) is 22.0 Å². The van der Waals surface area contributed by atoms with Crippen LogP contribution in [0.5, 0.6) is 0 Å². The smallest absolute Gasteiger partial charge is 0.235 e. The molecule has 26 heavy (non-hydrogen) atoms. The van der Waals surface area contributed by atoms with Gasteiger partial charge in [-0.1, -0.05) is 48.2 Å². The van der Waals surface area contributed by atoms with Crippen LogP contribution in [-0.2, 0) is 4.79 Å². The van der Waals surface area contributed by atoms with E-state index in [4.69, 9.17) is 0 Å². The van der Waals surface area contributed by atoms with Crippen molar-refractivity contribution in [2.75, 3.05) is 11.1 Å². The van der Waals surface area contributed by atoms with Crippen molar-refractivity contribution >= 4 is 45.0 Å². The predicted molar refractivity (Wildman–Crippen MR) is 106 cm³/mol. The predicted octanol–water partition coefficient (Wildman–Crippen LogP) is 4.48. The molecule has 1 aromatic carbocycles. The highest BCUT2D eigenvalue weighted by Crippen LogP contribution is 2.36. The Hall–Kier alpha value is -2.77. The zero-order chi connectivity index (χ0) is 17.8. The van der Waals surface area contributed by atoms with Crippen molar-refractivity contribution in [2.24, 2.45) is 0 Å². The summed E-state index contributed by atoms with van der Waals surface area (Å²) in [6, 6.07) is 17.7. The number of rotatable bonds is 5. The molecule has 0 saturated carbocycles. The van der Waals surface area contributed by atoms with Crippen molar-refractivity contribution in [3.05, 3.63) is 67.1 Å². The Bertz CT molecular complexity index is 1040. The maximum absolute atomic E-state index is 12.1. The summed E-state index contributed by atoms with van der Waals surface area (Å²) in [5, 5.41) is 4.57. The van der Waals surface area contributed by atoms with Crippen LogP contribution in [0.4, 0.5) is 5.82 Å². The van der Waals surface area contributed by atoms with Crippen molar-refractivity contribution in [2.45, 2.75) is 5.03 Å². The first-order chi connectivity index (χ1) is 12.8. The van der Waals surface area contributed by atoms with Crippen LogP contribution in [-0.4, -0.2) is 26.6 Å². The first kappa shape index (κ1) is 16.7. The second-order valence-electron chi connectivity index (χ2n) is 5.43. The summed E-state index contributed by atoms with van der Waals surface area (Å²) in [7, 11) is 0. The maximum atomic E-state index is 12.1. The van der Waals surface area contributed by atoms with Crippen molar-refractivity contribution in [3.63, 3.8) is 0 Å². The SMILES string of the molecule is O=C(CSc1ncnc2sc(-c3ccccc3)cc12)Nc1ccccn1. The Morgan fingerprint density at radius 1 is 1.04 bits per heavy atom. The maximum Gasteiger partial charge on any atom is 0.235 e. The molecular weight excluding hydrogens is 364 g/mol. The summed E-state index contributed by atoms with van der Waals surface area (Å²) in [5.41, 5.74) is 1.15. The molecule has 5 nitrogen and oxygen atoms in total. The van der Waals surface area contributed by atoms with E-state index in [0.29, 0.717) is 5.82 Å². The van der Waals surface area contributed by atoms with Crippen LogP contribution in [0, 0.1) is 0 Å². The summed E-state index contributed by atoms with van der Waals surface area (Å²) in [6.07, 6.45) is 3.19. The van der Waals surface area contributed by atoms with E-state index in [9.17, 15) is 4.79 Å². The molecule has 3 heterocycles. The average Bonchev–Trinajstić information content (AvgIpc) is 3.13. The fourth-order valence-electron chi connectivity index (χ4n) is 2.44. The normalized spacial score (nSPS) is 10.8. The molecule has 0 aliphatic carbocycles. The van der Waals surface area contributed by atoms with Gasteiger partial charge in [0, 0.05) is 16.5 Å². The third-order valence-corrected chi connectivity index (χ3v) is 5.72. The van der Waals surface area contributed by atoms with E-state index < -0.39 is 0 Å². The van der Waals surface area contributed by atoms with E-state index in [1.807, 2.05) is 30.3 Å². The molecule has 1 amide bonds. The molecule has 128 valence electrons. The Morgan fingerprint density at radius 3 is 2.69 bits per heavy atom. The van der Waals surface area contributed by atoms with Gasteiger partial charge < -0.3 is 5.32 Å². The first-order valence-corrected chi connectivity index (χ1v) is 9.73. The zero-order valence-corrected chi connectivity index (χ0v) is 15.3. The second-order valence-corrected chi connectivity index (χ2v) is 7.42. The standard InChI is InChI=1S/C19H14N4OS2/c24-17(23-16-8-4-5-9-20-16)11-25-18-14-10-15(13-6-2-1-3-7-13)26-19(14)22-12-21-18/h1-10,12H,11H2,(H,20,23,24). The van der Waals surface area contributed by atoms with Gasteiger partial charge in [0.05, 0.1) is 5.75 Å². The van der Waals surface area contributed by atoms with Gasteiger partial charge in [-0.05, 0) is 23.8 Å². The lowest BCUT2D eigenvalue weighted by Gasteiger charge is -2.04. The van der Waals surface area contributed by atoms with E-state index in [-0.39, 0.29) is 11.7 Å². The number of hydrogen-bond donors (Lipinski definition) is 1. The fourth-order valence-corrected chi connectivity index (χ4v) is 4.28. The number of nitrogens with zero attached hydrogens (tertiary/aromatic N) is 3. The zero-order valence-electron chi connectivity index (χ0n) is 13.6. The first-order valence-electron chi connectivity index (χ1n) is 7.93. The number of carbonyl (C=O) groups excluding carboxylic acids is 1. The van der Waals surface area contributed by atoms with Gasteiger partial charge in [0.15, 0.2) is 0 Å². The minimum atomic E-state index is -0.112. The van der Waals surface area contributed by atoms with Crippen molar-refractivity contribution < 1.29 is 4.79 Å². The van der Waals surface area contributed by atoms with Gasteiger partial charge in [-0.2, -0.15) is 0 Å². The Morgan fingerprint density at radius 2 is 1.88 bits per heavy atom. The largest absolute Gasteiger partial charge is 0.310 e. The van der Waals surface area contributed by atoms with Crippen molar-refractivity contribution in [1.29, 1.82) is 0 Å². The Balaban J connectivity index is 1.51. The van der Waals surface area contributed by atoms with Crippen molar-refractivity contribution in [1.82, 2.24) is 15.0 Å². The molecule has 0 unspecified atom stereocenters. The van der Waals surface area contributed by atoms with E-state index in [1.54, 1.807) is 29.9 Å². The number of nitrogens with one attached hydrogen (secondary N) is 1. The molecule has 1 N–H and O–H groups in total. The van der Waals surface area contributed by atoms with Crippen LogP contribution >= 0.6 is 23.1 Å². The minimum Gasteiger partial charge on any atom is -0.310 e. The number of thioether (sulfide) groups is 1. The van der Waals surface area contributed by atoms with Crippen LogP contribution in [0.2, 0.25) is 0 Å². The molecular formula is C19H14N4OS2. The summed E-state index contributed by atoms with van der Waals surface area (Å²) >= 11 is 3.03. The van der Waals surface area contributed by atoms with Gasteiger partial charge >= 0.3 is 0 Å². The molecule has 3 aromatic heterocycles. The Labute approximate surface area is 158 Å². The number of anilines is 1. The molecule has 0 radical (unpaired) electrons. The number of carbonyl (C=O) groups is 1. The molecule has 0 fully saturated rings. The lowest BCUT2D eigenvalue weighted by Crippen LogP contribution is -2.14. The number of hydrogen-bond acceptors (Lipinski definition) is 6. The van der Waals surface area contributed by atoms with Crippen LogP contribution < -0.4 is 5.32 Å². The lowest BCUT2D eigenvalue weighted by molar-refractivity contribution is -0.113. The quantitative estimate of drug-likeness (QED) is 0.409. The highest BCUT2D eigenvalue weighted by molar-refractivity contribution is 8.00. The number of thiophene rings is 1. The van der Waals surface area contributed by atoms with Crippen LogP contribution in [0.1, 0.15) is 0 Å². The number of fused-ring (bicyclic) bond motifs is 1. The Kier molecular flexibility index (Phi) is 4.90. The third-order valence-electron chi connectivity index (χ3n) is 3.62. The molecule has 0 atom stereocenters. The van der Waals surface area contributed by atoms with Gasteiger partial charge in [0.25, 0.3) is 0 Å². The van der Waals surface area contributed by atoms with Gasteiger partial charge in [0.2, 0.25) is 5.91 Å². The summed E-state index contributed by atoms with van der Waals surface area (Å²) < 4.78 is 0. The van der Waals surface area contributed by atoms with Crippen LogP contribution in [0.3, 0.4) is 0 Å². The summed E-state index contributed by atoms with van der Waals surface area (Å²) in [5.74, 6) is 0.700. The van der Waals surface area contributed by atoms with Gasteiger partial charge in [-0.25, -0.2) is 15.0 Å². The van der Waals surface area contributed by atoms with E-state index in [0.717, 1.165) is 25.7 Å². The average molecular weight is 378 g/mol. The van der Waals surface area contributed by atoms with Crippen molar-refractivity contribution in [3.8, 4) is 10.4 Å². The lowest BCUT2D eigenvalue weighted by atomic mass is 10.2. The van der Waals surface area contributed by atoms with Gasteiger partial charge in [-0.15, -0.1) is 11.3 Å². The molecule has 0 spiro atoms. The third kappa shape index (κ3) is 3.74. The fraction of sp³-hybridized carbons (Fsp3) is 0.0526. The van der Waals surface area contributed by atoms with E-state index in [1.165, 1.54) is 11.8 Å². The topological polar surface area (TPSA) is 67.8 Å². The molecule has 4 aromatic rings.